The second-order valence-electron chi connectivity index (χ2n) is 8.35. The average Bonchev–Trinajstić information content (AvgIpc) is 2.90. The molecule has 0 saturated carbocycles. The van der Waals surface area contributed by atoms with Crippen LogP contribution in [0.4, 0.5) is 0 Å². The zero-order chi connectivity index (χ0) is 28.6. The van der Waals surface area contributed by atoms with E-state index in [1.54, 1.807) is 36.4 Å². The Kier molecular flexibility index (Phi) is 10.7. The molecule has 0 radical (unpaired) electrons. The van der Waals surface area contributed by atoms with Crippen LogP contribution in [0.25, 0.3) is 0 Å². The Hall–Kier alpha value is -3.18. The zero-order valence-electron chi connectivity index (χ0n) is 20.5. The van der Waals surface area contributed by atoms with Crippen molar-refractivity contribution < 1.29 is 42.9 Å². The number of rotatable bonds is 9. The second kappa shape index (κ2) is 13.7. The number of Topliss-reactive ketones (excluding diaryl/α,β-unsaturated/α-hetero) is 1. The molecule has 2 aromatic carbocycles. The summed E-state index contributed by atoms with van der Waals surface area (Å²) in [6.07, 6.45) is -6.38. The lowest BCUT2D eigenvalue weighted by Gasteiger charge is -2.40. The van der Waals surface area contributed by atoms with Crippen molar-refractivity contribution in [2.45, 2.75) is 48.2 Å². The minimum absolute atomic E-state index is 0.122. The summed E-state index contributed by atoms with van der Waals surface area (Å²) < 4.78 is 25.4. The Bertz CT molecular complexity index is 1190. The van der Waals surface area contributed by atoms with Crippen molar-refractivity contribution in [3.63, 3.8) is 0 Å². The zero-order valence-corrected chi connectivity index (χ0v) is 22.8. The number of ether oxygens (including phenoxy) is 5. The minimum Gasteiger partial charge on any atom is -0.452 e. The molecule has 2 aromatic rings. The molecule has 13 heteroatoms. The van der Waals surface area contributed by atoms with Gasteiger partial charge in [0.2, 0.25) is 18.3 Å². The van der Waals surface area contributed by atoms with E-state index in [0.29, 0.717) is 0 Å². The Morgan fingerprint density at radius 2 is 1.36 bits per heavy atom. The third-order valence-corrected chi connectivity index (χ3v) is 5.86. The summed E-state index contributed by atoms with van der Waals surface area (Å²) in [7, 11) is 0. The van der Waals surface area contributed by atoms with Gasteiger partial charge in [-0.2, -0.15) is 0 Å². The number of halogens is 3. The topological polar surface area (TPSA) is 138 Å². The quantitative estimate of drug-likeness (QED) is 0.146. The molecule has 0 aliphatic carbocycles. The molecule has 0 unspecified atom stereocenters. The van der Waals surface area contributed by atoms with Crippen LogP contribution in [-0.4, -0.2) is 64.6 Å². The van der Waals surface area contributed by atoms with Gasteiger partial charge in [-0.3, -0.25) is 10.2 Å². The lowest BCUT2D eigenvalue weighted by atomic mass is 10.0. The van der Waals surface area contributed by atoms with Gasteiger partial charge in [0, 0.05) is 6.42 Å². The SMILES string of the molecule is CC(=O)CCC(=O)O[C@H]1[C@@H](OC(=N)C(Cl)(Cl)Cl)OC[C@@H](OC(=O)c2ccccc2)[C@@H]1OC(=O)c1ccccc1. The predicted octanol–water partition coefficient (Wildman–Crippen LogP) is 4.44. The van der Waals surface area contributed by atoms with E-state index in [0.717, 1.165) is 0 Å². The van der Waals surface area contributed by atoms with Crippen LogP contribution >= 0.6 is 34.8 Å². The first-order valence-corrected chi connectivity index (χ1v) is 12.7. The highest BCUT2D eigenvalue weighted by Crippen LogP contribution is 2.32. The van der Waals surface area contributed by atoms with E-state index in [-0.39, 0.29) is 29.8 Å². The molecule has 208 valence electrons. The van der Waals surface area contributed by atoms with Crippen LogP contribution in [0.5, 0.6) is 0 Å². The largest absolute Gasteiger partial charge is 0.452 e. The maximum Gasteiger partial charge on any atom is 0.338 e. The standard InChI is InChI=1S/C26H24Cl3NO9/c1-15(31)12-13-19(32)37-21-20(38-23(34)17-10-6-3-7-11-17)18(36-22(33)16-8-4-2-5-9-16)14-35-24(21)39-25(30)26(27,28)29/h2-11,18,20-21,24,30H,12-14H2,1H3/t18-,20+,21-,24-/m1/s1. The molecule has 4 atom stereocenters. The van der Waals surface area contributed by atoms with E-state index in [1.165, 1.54) is 31.2 Å². The Morgan fingerprint density at radius 1 is 0.821 bits per heavy atom. The number of benzene rings is 2. The van der Waals surface area contributed by atoms with Crippen molar-refractivity contribution in [1.29, 1.82) is 5.41 Å². The van der Waals surface area contributed by atoms with Gasteiger partial charge in [0.25, 0.3) is 3.79 Å². The van der Waals surface area contributed by atoms with Crippen LogP contribution in [-0.2, 0) is 33.3 Å². The smallest absolute Gasteiger partial charge is 0.338 e. The molecule has 1 N–H and O–H groups in total. The average molecular weight is 601 g/mol. The van der Waals surface area contributed by atoms with Crippen molar-refractivity contribution in [3.05, 3.63) is 71.8 Å². The number of hydrogen-bond donors (Lipinski definition) is 1. The number of ketones is 1. The summed E-state index contributed by atoms with van der Waals surface area (Å²) in [5.41, 5.74) is 0.363. The van der Waals surface area contributed by atoms with Crippen LogP contribution in [0.1, 0.15) is 40.5 Å². The normalized spacial score (nSPS) is 20.8. The molecule has 1 aliphatic rings. The third-order valence-electron chi connectivity index (χ3n) is 5.34. The molecule has 0 bridgehead atoms. The first-order valence-electron chi connectivity index (χ1n) is 11.6. The summed E-state index contributed by atoms with van der Waals surface area (Å²) in [4.78, 5) is 49.9. The first-order chi connectivity index (χ1) is 18.5. The number of carbonyl (C=O) groups excluding carboxylic acids is 4. The second-order valence-corrected chi connectivity index (χ2v) is 10.6. The highest BCUT2D eigenvalue weighted by molar-refractivity contribution is 6.76. The van der Waals surface area contributed by atoms with Crippen molar-refractivity contribution >= 4 is 64.4 Å². The van der Waals surface area contributed by atoms with Crippen LogP contribution in [0.2, 0.25) is 0 Å². The molecule has 1 aliphatic heterocycles. The molecule has 3 rings (SSSR count). The summed E-state index contributed by atoms with van der Waals surface area (Å²) in [5.74, 6) is -3.60. The molecule has 39 heavy (non-hydrogen) atoms. The van der Waals surface area contributed by atoms with Crippen LogP contribution in [0.15, 0.2) is 60.7 Å². The van der Waals surface area contributed by atoms with Gasteiger partial charge in [-0.15, -0.1) is 0 Å². The number of nitrogens with one attached hydrogen (secondary N) is 1. The highest BCUT2D eigenvalue weighted by Gasteiger charge is 2.50. The summed E-state index contributed by atoms with van der Waals surface area (Å²) >= 11 is 17.2. The van der Waals surface area contributed by atoms with Gasteiger partial charge in [0.1, 0.15) is 5.78 Å². The molecule has 10 nitrogen and oxygen atoms in total. The van der Waals surface area contributed by atoms with Crippen LogP contribution in [0.3, 0.4) is 0 Å². The molecular formula is C26H24Cl3NO9. The van der Waals surface area contributed by atoms with E-state index < -0.39 is 58.8 Å². The predicted molar refractivity (Wildman–Crippen MR) is 140 cm³/mol. The van der Waals surface area contributed by atoms with E-state index >= 15 is 0 Å². The van der Waals surface area contributed by atoms with E-state index in [9.17, 15) is 19.2 Å². The van der Waals surface area contributed by atoms with Gasteiger partial charge >= 0.3 is 17.9 Å². The van der Waals surface area contributed by atoms with E-state index in [1.807, 2.05) is 0 Å². The summed E-state index contributed by atoms with van der Waals surface area (Å²) in [6, 6.07) is 15.9. The Labute approximate surface area is 238 Å². The van der Waals surface area contributed by atoms with Gasteiger partial charge in [-0.1, -0.05) is 71.2 Å². The molecular weight excluding hydrogens is 577 g/mol. The van der Waals surface area contributed by atoms with Gasteiger partial charge in [0.05, 0.1) is 24.2 Å². The maximum atomic E-state index is 13.0. The van der Waals surface area contributed by atoms with Gasteiger partial charge in [0.15, 0.2) is 12.2 Å². The number of esters is 3. The molecule has 0 aromatic heterocycles. The van der Waals surface area contributed by atoms with E-state index in [4.69, 9.17) is 63.9 Å². The summed E-state index contributed by atoms with van der Waals surface area (Å²) in [6.45, 7) is 0.902. The van der Waals surface area contributed by atoms with Crippen molar-refractivity contribution in [2.24, 2.45) is 0 Å². The van der Waals surface area contributed by atoms with Crippen LogP contribution in [0, 0.1) is 5.41 Å². The van der Waals surface area contributed by atoms with Gasteiger partial charge < -0.3 is 28.5 Å². The Balaban J connectivity index is 1.94. The number of carbonyl (C=O) groups is 4. The first kappa shape index (κ1) is 30.4. The van der Waals surface area contributed by atoms with E-state index in [2.05, 4.69) is 0 Å². The number of alkyl halides is 3. The Morgan fingerprint density at radius 3 is 1.87 bits per heavy atom. The van der Waals surface area contributed by atoms with Crippen molar-refractivity contribution in [2.75, 3.05) is 6.61 Å². The molecule has 1 heterocycles. The fourth-order valence-electron chi connectivity index (χ4n) is 3.43. The van der Waals surface area contributed by atoms with Gasteiger partial charge in [-0.05, 0) is 31.2 Å². The fourth-order valence-corrected chi connectivity index (χ4v) is 3.56. The van der Waals surface area contributed by atoms with Crippen LogP contribution < -0.4 is 0 Å². The fraction of sp³-hybridized carbons (Fsp3) is 0.346. The van der Waals surface area contributed by atoms with Crippen molar-refractivity contribution in [3.8, 4) is 0 Å². The van der Waals surface area contributed by atoms with Crippen molar-refractivity contribution in [1.82, 2.24) is 0 Å². The lowest BCUT2D eigenvalue weighted by Crippen LogP contribution is -2.59. The monoisotopic (exact) mass is 599 g/mol. The number of hydrogen-bond acceptors (Lipinski definition) is 10. The maximum absolute atomic E-state index is 13.0. The lowest BCUT2D eigenvalue weighted by molar-refractivity contribution is -0.254. The molecule has 1 fully saturated rings. The third kappa shape index (κ3) is 8.93. The molecule has 0 spiro atoms. The molecule has 0 amide bonds. The molecule has 1 saturated heterocycles. The minimum atomic E-state index is -2.29. The van der Waals surface area contributed by atoms with Gasteiger partial charge in [-0.25, -0.2) is 9.59 Å². The highest BCUT2D eigenvalue weighted by atomic mass is 35.6. The summed E-state index contributed by atoms with van der Waals surface area (Å²) in [5, 5.41) is 7.93.